The molecule has 0 heterocycles. The predicted octanol–water partition coefficient (Wildman–Crippen LogP) is 4.06. The van der Waals surface area contributed by atoms with Gasteiger partial charge in [0.15, 0.2) is 0 Å². The fourth-order valence-corrected chi connectivity index (χ4v) is 1.12. The molecule has 0 amide bonds. The first kappa shape index (κ1) is 21.7. The van der Waals surface area contributed by atoms with Gasteiger partial charge in [0.1, 0.15) is 0 Å². The normalized spacial score (nSPS) is 9.38. The molecule has 122 valence electrons. The summed E-state index contributed by atoms with van der Waals surface area (Å²) >= 11 is 0. The quantitative estimate of drug-likeness (QED) is 0.366. The number of ether oxygens (including phenoxy) is 2. The highest BCUT2D eigenvalue weighted by molar-refractivity contribution is 5.86. The minimum Gasteiger partial charge on any atom is -0.462 e. The van der Waals surface area contributed by atoms with Crippen LogP contribution in [0.3, 0.4) is 0 Å². The van der Waals surface area contributed by atoms with Crippen molar-refractivity contribution in [2.75, 3.05) is 13.2 Å². The predicted molar refractivity (Wildman–Crippen MR) is 85.9 cm³/mol. The molecule has 0 aliphatic rings. The van der Waals surface area contributed by atoms with Crippen molar-refractivity contribution in [3.63, 3.8) is 0 Å². The van der Waals surface area contributed by atoms with Crippen molar-refractivity contribution in [3.8, 4) is 0 Å². The first-order valence-corrected chi connectivity index (χ1v) is 7.46. The van der Waals surface area contributed by atoms with Gasteiger partial charge in [-0.25, -0.2) is 9.59 Å². The van der Waals surface area contributed by atoms with Gasteiger partial charge in [0, 0.05) is 11.6 Å². The van der Waals surface area contributed by atoms with E-state index in [2.05, 4.69) is 20.1 Å². The van der Waals surface area contributed by atoms with Crippen molar-refractivity contribution >= 4 is 11.9 Å². The lowest BCUT2D eigenvalue weighted by Crippen LogP contribution is -2.06. The minimum atomic E-state index is -0.344. The summed E-state index contributed by atoms with van der Waals surface area (Å²) in [5, 5.41) is 0. The molecule has 0 aliphatic heterocycles. The molecule has 0 atom stereocenters. The van der Waals surface area contributed by atoms with Gasteiger partial charge < -0.3 is 9.47 Å². The third-order valence-electron chi connectivity index (χ3n) is 2.31. The monoisotopic (exact) mass is 298 g/mol. The third kappa shape index (κ3) is 18.4. The maximum absolute atomic E-state index is 10.9. The summed E-state index contributed by atoms with van der Waals surface area (Å²) in [5.74, 6) is -0.218. The van der Waals surface area contributed by atoms with E-state index in [4.69, 9.17) is 9.47 Å². The Morgan fingerprint density at radius 1 is 1.14 bits per heavy atom. The number of hydrogen-bond acceptors (Lipinski definition) is 4. The average molecular weight is 298 g/mol. The van der Waals surface area contributed by atoms with Gasteiger partial charge in [-0.05, 0) is 19.3 Å². The van der Waals surface area contributed by atoms with Crippen molar-refractivity contribution in [1.82, 2.24) is 0 Å². The molecule has 0 unspecified atom stereocenters. The van der Waals surface area contributed by atoms with Gasteiger partial charge in [0.05, 0.1) is 13.2 Å². The Hall–Kier alpha value is -1.58. The molecule has 0 aliphatic carbocycles. The summed E-state index contributed by atoms with van der Waals surface area (Å²) < 4.78 is 9.61. The van der Waals surface area contributed by atoms with E-state index in [0.29, 0.717) is 24.7 Å². The van der Waals surface area contributed by atoms with Gasteiger partial charge in [0.25, 0.3) is 0 Å². The van der Waals surface area contributed by atoms with Crippen LogP contribution in [0.4, 0.5) is 0 Å². The van der Waals surface area contributed by atoms with Crippen LogP contribution < -0.4 is 0 Å². The van der Waals surface area contributed by atoms with Gasteiger partial charge in [-0.3, -0.25) is 0 Å². The van der Waals surface area contributed by atoms with Crippen molar-refractivity contribution in [2.45, 2.75) is 53.4 Å². The molecule has 4 heteroatoms. The van der Waals surface area contributed by atoms with Crippen LogP contribution in [0, 0.1) is 5.92 Å². The second-order valence-corrected chi connectivity index (χ2v) is 5.20. The molecule has 21 heavy (non-hydrogen) atoms. The lowest BCUT2D eigenvalue weighted by Gasteiger charge is -2.02. The first-order valence-electron chi connectivity index (χ1n) is 7.46. The molecule has 0 N–H and O–H groups in total. The van der Waals surface area contributed by atoms with Crippen molar-refractivity contribution in [2.24, 2.45) is 5.92 Å². The van der Waals surface area contributed by atoms with Crippen LogP contribution in [0.1, 0.15) is 53.4 Å². The molecule has 0 aromatic rings. The molecule has 0 aromatic carbocycles. The standard InChI is InChI=1S/C10H18O2.C7H12O2/c1-4-5-6-7-8-12-10(11)9(2)3;1-4-7(8)9-5-6(2)3/h2,4-8H2,1,3H3;4,6H,1,5H2,2-3H3. The van der Waals surface area contributed by atoms with E-state index in [1.807, 2.05) is 13.8 Å². The van der Waals surface area contributed by atoms with Crippen LogP contribution in [0.2, 0.25) is 0 Å². The second kappa shape index (κ2) is 14.8. The van der Waals surface area contributed by atoms with Gasteiger partial charge in [-0.1, -0.05) is 53.2 Å². The Morgan fingerprint density at radius 3 is 2.19 bits per heavy atom. The molecule has 0 bridgehead atoms. The molecule has 0 aromatic heterocycles. The van der Waals surface area contributed by atoms with E-state index in [9.17, 15) is 9.59 Å². The smallest absolute Gasteiger partial charge is 0.333 e. The molecular weight excluding hydrogens is 268 g/mol. The Labute approximate surface area is 129 Å². The number of carbonyl (C=O) groups excluding carboxylic acids is 2. The Kier molecular flexibility index (Phi) is 15.3. The van der Waals surface area contributed by atoms with Crippen LogP contribution in [-0.4, -0.2) is 25.2 Å². The largest absolute Gasteiger partial charge is 0.462 e. The van der Waals surface area contributed by atoms with E-state index in [-0.39, 0.29) is 11.9 Å². The highest BCUT2D eigenvalue weighted by Crippen LogP contribution is 2.00. The maximum Gasteiger partial charge on any atom is 0.333 e. The van der Waals surface area contributed by atoms with E-state index in [0.717, 1.165) is 12.8 Å². The lowest BCUT2D eigenvalue weighted by atomic mass is 10.2. The summed E-state index contributed by atoms with van der Waals surface area (Å²) in [6.07, 6.45) is 5.69. The topological polar surface area (TPSA) is 52.6 Å². The van der Waals surface area contributed by atoms with Crippen LogP contribution >= 0.6 is 0 Å². The lowest BCUT2D eigenvalue weighted by molar-refractivity contribution is -0.139. The van der Waals surface area contributed by atoms with Gasteiger partial charge in [0.2, 0.25) is 0 Å². The Bertz CT molecular complexity index is 319. The molecule has 0 rings (SSSR count). The highest BCUT2D eigenvalue weighted by atomic mass is 16.5. The van der Waals surface area contributed by atoms with E-state index < -0.39 is 0 Å². The SMILES string of the molecule is C=C(C)C(=O)OCCCCCC.C=CC(=O)OCC(C)C. The molecule has 4 nitrogen and oxygen atoms in total. The van der Waals surface area contributed by atoms with Crippen LogP contribution in [0.5, 0.6) is 0 Å². The van der Waals surface area contributed by atoms with E-state index in [1.54, 1.807) is 6.92 Å². The Morgan fingerprint density at radius 2 is 1.76 bits per heavy atom. The second-order valence-electron chi connectivity index (χ2n) is 5.20. The molecule has 0 saturated heterocycles. The van der Waals surface area contributed by atoms with Crippen molar-refractivity contribution in [3.05, 3.63) is 24.8 Å². The van der Waals surface area contributed by atoms with Crippen LogP contribution in [0.15, 0.2) is 24.8 Å². The van der Waals surface area contributed by atoms with Gasteiger partial charge in [-0.2, -0.15) is 0 Å². The number of hydrogen-bond donors (Lipinski definition) is 0. The zero-order valence-corrected chi connectivity index (χ0v) is 13.9. The van der Waals surface area contributed by atoms with Gasteiger partial charge >= 0.3 is 11.9 Å². The summed E-state index contributed by atoms with van der Waals surface area (Å²) in [6, 6.07) is 0. The molecule has 0 radical (unpaired) electrons. The Balaban J connectivity index is 0. The number of unbranched alkanes of at least 4 members (excludes halogenated alkanes) is 3. The zero-order valence-electron chi connectivity index (χ0n) is 13.9. The minimum absolute atomic E-state index is 0.272. The molecule has 0 spiro atoms. The van der Waals surface area contributed by atoms with E-state index >= 15 is 0 Å². The third-order valence-corrected chi connectivity index (χ3v) is 2.31. The summed E-state index contributed by atoms with van der Waals surface area (Å²) in [7, 11) is 0. The number of esters is 2. The molecule has 0 fully saturated rings. The average Bonchev–Trinajstić information content (AvgIpc) is 2.44. The van der Waals surface area contributed by atoms with Crippen LogP contribution in [0.25, 0.3) is 0 Å². The fraction of sp³-hybridized carbons (Fsp3) is 0.647. The zero-order chi connectivity index (χ0) is 16.7. The first-order chi connectivity index (χ1) is 9.84. The number of rotatable bonds is 9. The molecular formula is C17H30O4. The molecule has 0 saturated carbocycles. The summed E-state index contributed by atoms with van der Waals surface area (Å²) in [5.41, 5.74) is 0.477. The van der Waals surface area contributed by atoms with Crippen LogP contribution in [-0.2, 0) is 19.1 Å². The van der Waals surface area contributed by atoms with Crippen molar-refractivity contribution in [1.29, 1.82) is 0 Å². The fourth-order valence-electron chi connectivity index (χ4n) is 1.12. The van der Waals surface area contributed by atoms with Crippen molar-refractivity contribution < 1.29 is 19.1 Å². The summed E-state index contributed by atoms with van der Waals surface area (Å²) in [6.45, 7) is 15.5. The van der Waals surface area contributed by atoms with Gasteiger partial charge in [-0.15, -0.1) is 0 Å². The highest BCUT2D eigenvalue weighted by Gasteiger charge is 2.01. The summed E-state index contributed by atoms with van der Waals surface area (Å²) in [4.78, 5) is 21.2. The maximum atomic E-state index is 10.9. The van der Waals surface area contributed by atoms with E-state index in [1.165, 1.54) is 18.9 Å². The number of carbonyl (C=O) groups is 2.